The van der Waals surface area contributed by atoms with Crippen molar-refractivity contribution in [2.45, 2.75) is 131 Å². The summed E-state index contributed by atoms with van der Waals surface area (Å²) in [6.45, 7) is 17.8. The van der Waals surface area contributed by atoms with Crippen LogP contribution in [-0.2, 0) is 30.5 Å². The number of alkyl carbamates (subject to hydrolysis) is 2. The number of aryl methyl sites for hydroxylation is 3. The van der Waals surface area contributed by atoms with Gasteiger partial charge in [-0.05, 0) is 144 Å². The molecule has 5 amide bonds. The number of nitrogens with two attached hydrogens (primary N) is 1. The van der Waals surface area contributed by atoms with Gasteiger partial charge in [0, 0.05) is 33.9 Å². The van der Waals surface area contributed by atoms with E-state index in [2.05, 4.69) is 32.7 Å². The highest BCUT2D eigenvalue weighted by Crippen LogP contribution is 2.28. The number of nitrogens with one attached hydrogen (secondary N) is 5. The second-order valence-corrected chi connectivity index (χ2v) is 18.1. The molecule has 0 fully saturated rings. The molecule has 0 aliphatic carbocycles. The topological polar surface area (TPSA) is 218 Å². The molecule has 7 N–H and O–H groups in total. The smallest absolute Gasteiger partial charge is 0.407 e. The van der Waals surface area contributed by atoms with Gasteiger partial charge < -0.3 is 56.0 Å². The molecular formula is C55H80N6O10. The summed E-state index contributed by atoms with van der Waals surface area (Å²) in [6.07, 6.45) is 3.69. The predicted octanol–water partition coefficient (Wildman–Crippen LogP) is 9.29. The molecule has 4 rings (SSSR count). The summed E-state index contributed by atoms with van der Waals surface area (Å²) in [5.74, 6) is 2.29. The summed E-state index contributed by atoms with van der Waals surface area (Å²) in [7, 11) is 4.92. The van der Waals surface area contributed by atoms with E-state index in [1.54, 1.807) is 21.3 Å². The first-order chi connectivity index (χ1) is 33.7. The van der Waals surface area contributed by atoms with E-state index in [-0.39, 0.29) is 42.5 Å². The molecule has 0 aliphatic rings. The fourth-order valence-corrected chi connectivity index (χ4v) is 7.46. The highest BCUT2D eigenvalue weighted by Gasteiger charge is 2.19. The number of amides is 5. The minimum absolute atomic E-state index is 0.0227. The monoisotopic (exact) mass is 985 g/mol. The second kappa shape index (κ2) is 32.1. The lowest BCUT2D eigenvalue weighted by Gasteiger charge is -2.21. The van der Waals surface area contributed by atoms with Crippen LogP contribution in [0.1, 0.15) is 137 Å². The predicted molar refractivity (Wildman–Crippen MR) is 278 cm³/mol. The third-order valence-electron chi connectivity index (χ3n) is 10.8. The zero-order valence-corrected chi connectivity index (χ0v) is 44.0. The van der Waals surface area contributed by atoms with E-state index in [4.69, 9.17) is 29.4 Å². The molecule has 71 heavy (non-hydrogen) atoms. The Bertz CT molecular complexity index is 2270. The van der Waals surface area contributed by atoms with E-state index in [1.807, 2.05) is 120 Å². The highest BCUT2D eigenvalue weighted by atomic mass is 16.6. The molecular weight excluding hydrogens is 905 g/mol. The lowest BCUT2D eigenvalue weighted by atomic mass is 9.99. The fraction of sp³-hybridized carbons (Fsp3) is 0.473. The molecule has 4 aromatic carbocycles. The minimum atomic E-state index is -0.510. The maximum absolute atomic E-state index is 11.8. The normalized spacial score (nSPS) is 11.8. The van der Waals surface area contributed by atoms with Crippen molar-refractivity contribution in [2.75, 3.05) is 41.0 Å². The molecule has 390 valence electrons. The zero-order valence-electron chi connectivity index (χ0n) is 44.0. The third-order valence-corrected chi connectivity index (χ3v) is 10.8. The van der Waals surface area contributed by atoms with E-state index < -0.39 is 17.8 Å². The van der Waals surface area contributed by atoms with Crippen molar-refractivity contribution in [3.63, 3.8) is 0 Å². The molecule has 0 bridgehead atoms. The molecule has 16 nitrogen and oxygen atoms in total. The quantitative estimate of drug-likeness (QED) is 0.0408. The van der Waals surface area contributed by atoms with Crippen LogP contribution in [-0.4, -0.2) is 76.5 Å². The first kappa shape index (κ1) is 60.3. The van der Waals surface area contributed by atoms with Crippen LogP contribution in [0.2, 0.25) is 0 Å². The minimum Gasteiger partial charge on any atom is -0.496 e. The Morgan fingerprint density at radius 1 is 0.535 bits per heavy atom. The molecule has 3 atom stereocenters. The second-order valence-electron chi connectivity index (χ2n) is 18.1. The summed E-state index contributed by atoms with van der Waals surface area (Å²) in [4.78, 5) is 57.8. The maximum Gasteiger partial charge on any atom is 0.407 e. The third kappa shape index (κ3) is 24.5. The van der Waals surface area contributed by atoms with E-state index in [0.29, 0.717) is 38.9 Å². The SMILES string of the molecule is COc1ccc([C@@H](CCCN)NC(C)=O)cc1C.COc1ccc([C@@H](CCCNC(=O)OC(C)(C)C)NC(C)=O)cc1C.COc1ccc([C@@H](CCCNC(=O)OCc2ccccc2)NC(C)=O)cc1C. The number of hydrogen-bond acceptors (Lipinski definition) is 11. The number of hydrogen-bond donors (Lipinski definition) is 6. The number of benzene rings is 4. The number of ether oxygens (including phenoxy) is 5. The van der Waals surface area contributed by atoms with Crippen molar-refractivity contribution in [2.24, 2.45) is 5.73 Å². The zero-order chi connectivity index (χ0) is 52.9. The molecule has 16 heteroatoms. The van der Waals surface area contributed by atoms with Crippen molar-refractivity contribution < 1.29 is 47.7 Å². The van der Waals surface area contributed by atoms with Gasteiger partial charge in [-0.3, -0.25) is 14.4 Å². The van der Waals surface area contributed by atoms with Gasteiger partial charge in [-0.15, -0.1) is 0 Å². The van der Waals surface area contributed by atoms with Crippen molar-refractivity contribution >= 4 is 29.9 Å². The van der Waals surface area contributed by atoms with Gasteiger partial charge in [0.15, 0.2) is 0 Å². The Hall–Kier alpha value is -6.81. The molecule has 0 saturated carbocycles. The van der Waals surface area contributed by atoms with Crippen molar-refractivity contribution in [3.05, 3.63) is 124 Å². The van der Waals surface area contributed by atoms with Gasteiger partial charge in [0.1, 0.15) is 29.5 Å². The molecule has 0 heterocycles. The van der Waals surface area contributed by atoms with Gasteiger partial charge in [0.2, 0.25) is 17.7 Å². The lowest BCUT2D eigenvalue weighted by molar-refractivity contribution is -0.120. The summed E-state index contributed by atoms with van der Waals surface area (Å²) in [5, 5.41) is 14.4. The van der Waals surface area contributed by atoms with Gasteiger partial charge >= 0.3 is 12.2 Å². The first-order valence-electron chi connectivity index (χ1n) is 24.1. The Morgan fingerprint density at radius 3 is 1.23 bits per heavy atom. The van der Waals surface area contributed by atoms with Crippen molar-refractivity contribution in [3.8, 4) is 17.2 Å². The van der Waals surface area contributed by atoms with Crippen molar-refractivity contribution in [1.82, 2.24) is 26.6 Å². The summed E-state index contributed by atoms with van der Waals surface area (Å²) >= 11 is 0. The number of carbonyl (C=O) groups is 5. The van der Waals surface area contributed by atoms with Crippen LogP contribution in [0.4, 0.5) is 9.59 Å². The van der Waals surface area contributed by atoms with E-state index in [9.17, 15) is 24.0 Å². The summed E-state index contributed by atoms with van der Waals surface area (Å²) < 4.78 is 26.2. The Kier molecular flexibility index (Phi) is 27.3. The van der Waals surface area contributed by atoms with Crippen LogP contribution < -0.4 is 46.5 Å². The largest absolute Gasteiger partial charge is 0.496 e. The highest BCUT2D eigenvalue weighted by molar-refractivity contribution is 5.74. The molecule has 0 unspecified atom stereocenters. The maximum atomic E-state index is 11.8. The first-order valence-corrected chi connectivity index (χ1v) is 24.1. The van der Waals surface area contributed by atoms with E-state index in [1.165, 1.54) is 20.8 Å². The molecule has 0 aromatic heterocycles. The van der Waals surface area contributed by atoms with Gasteiger partial charge in [0.25, 0.3) is 0 Å². The van der Waals surface area contributed by atoms with Crippen LogP contribution in [0, 0.1) is 20.8 Å². The van der Waals surface area contributed by atoms with Gasteiger partial charge in [-0.2, -0.15) is 0 Å². The van der Waals surface area contributed by atoms with Gasteiger partial charge in [-0.1, -0.05) is 66.7 Å². The van der Waals surface area contributed by atoms with Gasteiger partial charge in [-0.25, -0.2) is 9.59 Å². The van der Waals surface area contributed by atoms with Crippen LogP contribution in [0.15, 0.2) is 84.9 Å². The van der Waals surface area contributed by atoms with E-state index >= 15 is 0 Å². The number of methoxy groups -OCH3 is 3. The molecule has 0 spiro atoms. The van der Waals surface area contributed by atoms with Gasteiger partial charge in [0.05, 0.1) is 39.5 Å². The van der Waals surface area contributed by atoms with Crippen LogP contribution in [0.5, 0.6) is 17.2 Å². The van der Waals surface area contributed by atoms with E-state index in [0.717, 1.165) is 75.5 Å². The molecule has 0 saturated heterocycles. The van der Waals surface area contributed by atoms with Crippen molar-refractivity contribution in [1.29, 1.82) is 0 Å². The summed E-state index contributed by atoms with van der Waals surface area (Å²) in [5.41, 5.74) is 12.2. The van der Waals surface area contributed by atoms with Crippen LogP contribution in [0.25, 0.3) is 0 Å². The molecule has 0 aliphatic heterocycles. The summed E-state index contributed by atoms with van der Waals surface area (Å²) in [6, 6.07) is 27.0. The average Bonchev–Trinajstić information content (AvgIpc) is 3.31. The molecule has 4 aromatic rings. The number of carbonyl (C=O) groups excluding carboxylic acids is 5. The van der Waals surface area contributed by atoms with Crippen LogP contribution >= 0.6 is 0 Å². The fourth-order valence-electron chi connectivity index (χ4n) is 7.46. The Morgan fingerprint density at radius 2 is 0.901 bits per heavy atom. The lowest BCUT2D eigenvalue weighted by Crippen LogP contribution is -2.33. The average molecular weight is 985 g/mol. The Balaban J connectivity index is 0.000000374. The standard InChI is InChI=1S/C22H28N2O4.C19H30N2O4.C14H22N2O2/c1-16-14-19(11-12-21(16)27-3)20(24-17(2)25)10-7-13-23-22(26)28-15-18-8-5-4-6-9-18;1-13-12-15(9-10-17(13)24-6)16(21-14(2)22)8-7-11-20-18(23)25-19(3,4)5;1-10-9-12(6-7-14(10)18-3)13(5-4-8-15)16-11(2)17/h4-6,8-9,11-12,14,20H,7,10,13,15H2,1-3H3,(H,23,26)(H,24,25);9-10,12,16H,7-8,11H2,1-6H3,(H,20,23)(H,21,22);6-7,9,13H,4-5,8,15H2,1-3H3,(H,16,17)/t20-;16-;13-/m111/s1. The van der Waals surface area contributed by atoms with Crippen LogP contribution in [0.3, 0.4) is 0 Å². The molecule has 0 radical (unpaired) electrons. The number of rotatable bonds is 22. The Labute approximate surface area is 421 Å².